The minimum absolute atomic E-state index is 0.0631. The molecule has 1 heterocycles. The molecule has 1 aromatic rings. The lowest BCUT2D eigenvalue weighted by molar-refractivity contribution is -0.133. The third kappa shape index (κ3) is 5.69. The maximum absolute atomic E-state index is 11.4. The van der Waals surface area contributed by atoms with Crippen LogP contribution in [0.4, 0.5) is 5.13 Å². The number of carboxylic acid groups (broad SMARTS) is 1. The van der Waals surface area contributed by atoms with Gasteiger partial charge in [0.05, 0.1) is 11.5 Å². The first-order chi connectivity index (χ1) is 8.11. The first-order valence-corrected chi connectivity index (χ1v) is 7.13. The van der Waals surface area contributed by atoms with E-state index in [1.54, 1.807) is 6.20 Å². The highest BCUT2D eigenvalue weighted by atomic mass is 32.2. The molecule has 0 aromatic carbocycles. The van der Waals surface area contributed by atoms with E-state index in [9.17, 15) is 9.59 Å². The zero-order chi connectivity index (χ0) is 12.7. The fourth-order valence-electron chi connectivity index (χ4n) is 1.11. The number of aliphatic carboxylic acids is 1. The monoisotopic (exact) mass is 274 g/mol. The molecule has 0 unspecified atom stereocenters. The van der Waals surface area contributed by atoms with E-state index >= 15 is 0 Å². The average Bonchev–Trinajstić information content (AvgIpc) is 2.65. The summed E-state index contributed by atoms with van der Waals surface area (Å²) in [5.74, 6) is -1.06. The molecular weight excluding hydrogens is 260 g/mol. The number of hydrogen-bond acceptors (Lipinski definition) is 5. The number of hydrogen-bond donors (Lipinski definition) is 2. The van der Waals surface area contributed by atoms with Gasteiger partial charge >= 0.3 is 5.97 Å². The number of aromatic nitrogens is 1. The molecule has 2 N–H and O–H groups in total. The van der Waals surface area contributed by atoms with Gasteiger partial charge in [-0.05, 0) is 6.42 Å². The molecule has 0 saturated carbocycles. The number of thioether (sulfide) groups is 1. The second kappa shape index (κ2) is 7.29. The lowest BCUT2D eigenvalue weighted by atomic mass is 10.3. The molecule has 0 bridgehead atoms. The molecule has 5 nitrogen and oxygen atoms in total. The highest BCUT2D eigenvalue weighted by molar-refractivity contribution is 8.00. The fraction of sp³-hybridized carbons (Fsp3) is 0.500. The van der Waals surface area contributed by atoms with Crippen LogP contribution in [0.25, 0.3) is 0 Å². The maximum Gasteiger partial charge on any atom is 0.313 e. The Morgan fingerprint density at radius 1 is 1.53 bits per heavy atom. The zero-order valence-corrected chi connectivity index (χ0v) is 11.1. The lowest BCUT2D eigenvalue weighted by Crippen LogP contribution is -2.15. The van der Waals surface area contributed by atoms with Crippen molar-refractivity contribution < 1.29 is 14.7 Å². The second-order valence-corrected chi connectivity index (χ2v) is 5.42. The van der Waals surface area contributed by atoms with Crippen molar-refractivity contribution in [2.24, 2.45) is 0 Å². The Labute approximate surface area is 108 Å². The molecule has 0 aliphatic carbocycles. The third-order valence-corrected chi connectivity index (χ3v) is 3.64. The van der Waals surface area contributed by atoms with Gasteiger partial charge in [0.2, 0.25) is 5.91 Å². The first kappa shape index (κ1) is 14.0. The number of carbonyl (C=O) groups excluding carboxylic acids is 1. The standard InChI is InChI=1S/C10H14N2O3S2/c1-2-3-7-4-11-10(17-7)12-8(13)5-16-6-9(14)15/h4H,2-3,5-6H2,1H3,(H,14,15)(H,11,12,13). The minimum Gasteiger partial charge on any atom is -0.481 e. The molecule has 1 aromatic heterocycles. The van der Waals surface area contributed by atoms with Crippen LogP contribution >= 0.6 is 23.1 Å². The third-order valence-electron chi connectivity index (χ3n) is 1.76. The predicted molar refractivity (Wildman–Crippen MR) is 69.7 cm³/mol. The molecular formula is C10H14N2O3S2. The van der Waals surface area contributed by atoms with Crippen molar-refractivity contribution in [1.82, 2.24) is 4.98 Å². The largest absolute Gasteiger partial charge is 0.481 e. The van der Waals surface area contributed by atoms with E-state index in [0.29, 0.717) is 5.13 Å². The quantitative estimate of drug-likeness (QED) is 0.793. The highest BCUT2D eigenvalue weighted by Crippen LogP contribution is 2.19. The number of thiazole rings is 1. The Morgan fingerprint density at radius 3 is 2.94 bits per heavy atom. The van der Waals surface area contributed by atoms with Crippen molar-refractivity contribution >= 4 is 40.1 Å². The Hall–Kier alpha value is -1.08. The highest BCUT2D eigenvalue weighted by Gasteiger charge is 2.07. The number of anilines is 1. The van der Waals surface area contributed by atoms with Gasteiger partial charge in [0.1, 0.15) is 0 Å². The maximum atomic E-state index is 11.4. The van der Waals surface area contributed by atoms with E-state index in [-0.39, 0.29) is 17.4 Å². The van der Waals surface area contributed by atoms with Gasteiger partial charge in [0, 0.05) is 11.1 Å². The number of amides is 1. The predicted octanol–water partition coefficient (Wildman–Crippen LogP) is 1.85. The molecule has 0 aliphatic rings. The van der Waals surface area contributed by atoms with Crippen LogP contribution < -0.4 is 5.32 Å². The van der Waals surface area contributed by atoms with Gasteiger partial charge in [0.15, 0.2) is 5.13 Å². The summed E-state index contributed by atoms with van der Waals surface area (Å²) in [5.41, 5.74) is 0. The summed E-state index contributed by atoms with van der Waals surface area (Å²) >= 11 is 2.53. The van der Waals surface area contributed by atoms with Crippen LogP contribution in [0, 0.1) is 0 Å². The summed E-state index contributed by atoms with van der Waals surface area (Å²) in [6, 6.07) is 0. The van der Waals surface area contributed by atoms with Crippen molar-refractivity contribution in [3.8, 4) is 0 Å². The normalized spacial score (nSPS) is 10.2. The number of carbonyl (C=O) groups is 2. The van der Waals surface area contributed by atoms with Crippen molar-refractivity contribution in [3.05, 3.63) is 11.1 Å². The molecule has 0 radical (unpaired) electrons. The van der Waals surface area contributed by atoms with Crippen LogP contribution in [0.2, 0.25) is 0 Å². The summed E-state index contributed by atoms with van der Waals surface area (Å²) in [6.45, 7) is 2.08. The van der Waals surface area contributed by atoms with E-state index in [2.05, 4.69) is 17.2 Å². The summed E-state index contributed by atoms with van der Waals surface area (Å²) in [5, 5.41) is 11.6. The summed E-state index contributed by atoms with van der Waals surface area (Å²) in [4.78, 5) is 26.9. The molecule has 0 spiro atoms. The van der Waals surface area contributed by atoms with Crippen molar-refractivity contribution in [3.63, 3.8) is 0 Å². The average molecular weight is 274 g/mol. The Kier molecular flexibility index (Phi) is 5.99. The van der Waals surface area contributed by atoms with E-state index in [4.69, 9.17) is 5.11 Å². The van der Waals surface area contributed by atoms with Gasteiger partial charge in [-0.2, -0.15) is 0 Å². The molecule has 0 atom stereocenters. The smallest absolute Gasteiger partial charge is 0.313 e. The summed E-state index contributed by atoms with van der Waals surface area (Å²) < 4.78 is 0. The molecule has 0 saturated heterocycles. The molecule has 94 valence electrons. The van der Waals surface area contributed by atoms with Gasteiger partial charge in [-0.15, -0.1) is 23.1 Å². The van der Waals surface area contributed by atoms with Crippen LogP contribution in [0.5, 0.6) is 0 Å². The molecule has 0 fully saturated rings. The van der Waals surface area contributed by atoms with E-state index in [1.807, 2.05) is 0 Å². The first-order valence-electron chi connectivity index (χ1n) is 5.16. The number of nitrogens with zero attached hydrogens (tertiary/aromatic N) is 1. The second-order valence-electron chi connectivity index (χ2n) is 3.32. The number of nitrogens with one attached hydrogen (secondary N) is 1. The summed E-state index contributed by atoms with van der Waals surface area (Å²) in [7, 11) is 0. The van der Waals surface area contributed by atoms with Crippen LogP contribution in [-0.2, 0) is 16.0 Å². The Balaban J connectivity index is 2.31. The van der Waals surface area contributed by atoms with Crippen LogP contribution in [0.15, 0.2) is 6.20 Å². The molecule has 0 aliphatic heterocycles. The van der Waals surface area contributed by atoms with E-state index < -0.39 is 5.97 Å². The van der Waals surface area contributed by atoms with Crippen LogP contribution in [0.3, 0.4) is 0 Å². The molecule has 7 heteroatoms. The number of aryl methyl sites for hydroxylation is 1. The van der Waals surface area contributed by atoms with Crippen molar-refractivity contribution in [2.75, 3.05) is 16.8 Å². The van der Waals surface area contributed by atoms with Gasteiger partial charge in [0.25, 0.3) is 0 Å². The van der Waals surface area contributed by atoms with Gasteiger partial charge in [-0.25, -0.2) is 4.98 Å². The van der Waals surface area contributed by atoms with Crippen molar-refractivity contribution in [1.29, 1.82) is 0 Å². The van der Waals surface area contributed by atoms with Crippen LogP contribution in [0.1, 0.15) is 18.2 Å². The number of carboxylic acids is 1. The minimum atomic E-state index is -0.915. The Bertz CT molecular complexity index is 393. The lowest BCUT2D eigenvalue weighted by Gasteiger charge is -1.99. The topological polar surface area (TPSA) is 79.3 Å². The number of rotatable bonds is 7. The Morgan fingerprint density at radius 2 is 2.29 bits per heavy atom. The van der Waals surface area contributed by atoms with Crippen molar-refractivity contribution in [2.45, 2.75) is 19.8 Å². The van der Waals surface area contributed by atoms with E-state index in [0.717, 1.165) is 29.5 Å². The molecule has 17 heavy (non-hydrogen) atoms. The fourth-order valence-corrected chi connectivity index (χ4v) is 2.58. The SMILES string of the molecule is CCCc1cnc(NC(=O)CSCC(=O)O)s1. The van der Waals surface area contributed by atoms with Crippen LogP contribution in [-0.4, -0.2) is 33.5 Å². The zero-order valence-electron chi connectivity index (χ0n) is 9.43. The molecule has 1 amide bonds. The van der Waals surface area contributed by atoms with E-state index in [1.165, 1.54) is 11.3 Å². The molecule has 1 rings (SSSR count). The van der Waals surface area contributed by atoms with Gasteiger partial charge in [-0.1, -0.05) is 13.3 Å². The van der Waals surface area contributed by atoms with Gasteiger partial charge < -0.3 is 10.4 Å². The summed E-state index contributed by atoms with van der Waals surface area (Å²) in [6.07, 6.45) is 3.76. The van der Waals surface area contributed by atoms with Gasteiger partial charge in [-0.3, -0.25) is 9.59 Å².